The summed E-state index contributed by atoms with van der Waals surface area (Å²) in [6.07, 6.45) is -2.68. The minimum atomic E-state index is -5.08. The number of halogens is 6. The van der Waals surface area contributed by atoms with Gasteiger partial charge in [-0.2, -0.15) is 26.3 Å². The highest BCUT2D eigenvalue weighted by atomic mass is 19.4. The van der Waals surface area contributed by atoms with E-state index in [2.05, 4.69) is 21.7 Å². The third kappa shape index (κ3) is 10.6. The molecule has 1 aliphatic heterocycles. The van der Waals surface area contributed by atoms with Crippen molar-refractivity contribution in [2.45, 2.75) is 43.6 Å². The average Bonchev–Trinajstić information content (AvgIpc) is 2.63. The maximum absolute atomic E-state index is 11.8. The van der Waals surface area contributed by atoms with Crippen LogP contribution in [0.15, 0.2) is 24.5 Å². The molecule has 1 aromatic rings. The number of hydrogen-bond acceptors (Lipinski definition) is 5. The van der Waals surface area contributed by atoms with E-state index in [-0.39, 0.29) is 11.4 Å². The van der Waals surface area contributed by atoms with Gasteiger partial charge >= 0.3 is 24.3 Å². The molecule has 1 amide bonds. The standard InChI is InChI=1S/C13H19N3O.2C2HF3O2/c1-14-12(17)13(7-9-16-13)6-2-4-11-5-3-8-15-10-11;2*3-2(4,5)1(6)7/h3,5,8,10,16H,2,4,6-7,9H2,1H3,(H,14,17);2*(H,6,7). The summed E-state index contributed by atoms with van der Waals surface area (Å²) in [6, 6.07) is 4.03. The van der Waals surface area contributed by atoms with Gasteiger partial charge in [0.25, 0.3) is 0 Å². The number of carboxylic acids is 2. The van der Waals surface area contributed by atoms with Gasteiger partial charge in [-0.15, -0.1) is 0 Å². The Morgan fingerprint density at radius 1 is 1.13 bits per heavy atom. The van der Waals surface area contributed by atoms with Crippen LogP contribution >= 0.6 is 0 Å². The van der Waals surface area contributed by atoms with E-state index in [0.29, 0.717) is 0 Å². The van der Waals surface area contributed by atoms with E-state index in [1.807, 2.05) is 12.3 Å². The summed E-state index contributed by atoms with van der Waals surface area (Å²) in [5.41, 5.74) is 0.927. The molecule has 0 aliphatic carbocycles. The molecule has 0 bridgehead atoms. The Kier molecular flexibility index (Phi) is 10.9. The molecular formula is C17H21F6N3O5. The molecule has 31 heavy (non-hydrogen) atoms. The fourth-order valence-electron chi connectivity index (χ4n) is 2.33. The zero-order valence-electron chi connectivity index (χ0n) is 16.2. The Labute approximate surface area is 172 Å². The number of alkyl halides is 6. The van der Waals surface area contributed by atoms with Gasteiger partial charge in [0, 0.05) is 19.4 Å². The molecule has 1 unspecified atom stereocenters. The van der Waals surface area contributed by atoms with Crippen molar-refractivity contribution >= 4 is 17.8 Å². The van der Waals surface area contributed by atoms with Crippen LogP contribution in [0.3, 0.4) is 0 Å². The quantitative estimate of drug-likeness (QED) is 0.495. The van der Waals surface area contributed by atoms with Gasteiger partial charge in [-0.25, -0.2) is 9.59 Å². The number of carbonyl (C=O) groups is 3. The summed E-state index contributed by atoms with van der Waals surface area (Å²) < 4.78 is 63.5. The van der Waals surface area contributed by atoms with Gasteiger partial charge in [-0.05, 0) is 43.9 Å². The summed E-state index contributed by atoms with van der Waals surface area (Å²) in [5, 5.41) is 20.3. The number of hydrogen-bond donors (Lipinski definition) is 4. The third-order valence-electron chi connectivity index (χ3n) is 3.95. The van der Waals surface area contributed by atoms with Crippen LogP contribution in [0.25, 0.3) is 0 Å². The largest absolute Gasteiger partial charge is 0.490 e. The lowest BCUT2D eigenvalue weighted by atomic mass is 9.81. The van der Waals surface area contributed by atoms with E-state index in [1.54, 1.807) is 13.2 Å². The number of aryl methyl sites for hydroxylation is 1. The first-order valence-corrected chi connectivity index (χ1v) is 8.62. The predicted octanol–water partition coefficient (Wildman–Crippen LogP) is 2.15. The summed E-state index contributed by atoms with van der Waals surface area (Å²) >= 11 is 0. The Bertz CT molecular complexity index is 697. The molecule has 0 spiro atoms. The number of aliphatic carboxylic acids is 2. The fraction of sp³-hybridized carbons (Fsp3) is 0.529. The zero-order chi connectivity index (χ0) is 24.3. The minimum Gasteiger partial charge on any atom is -0.475 e. The lowest BCUT2D eigenvalue weighted by molar-refractivity contribution is -0.193. The number of pyridine rings is 1. The molecule has 1 aliphatic rings. The van der Waals surface area contributed by atoms with Crippen molar-refractivity contribution in [2.75, 3.05) is 13.6 Å². The van der Waals surface area contributed by atoms with Gasteiger partial charge in [0.2, 0.25) is 5.91 Å². The molecule has 1 fully saturated rings. The lowest BCUT2D eigenvalue weighted by Crippen LogP contribution is -2.65. The normalized spacial score (nSPS) is 17.6. The molecule has 4 N–H and O–H groups in total. The summed E-state index contributed by atoms with van der Waals surface area (Å²) in [7, 11) is 1.70. The predicted molar refractivity (Wildman–Crippen MR) is 94.0 cm³/mol. The first-order chi connectivity index (χ1) is 14.2. The molecule has 176 valence electrons. The van der Waals surface area contributed by atoms with Crippen molar-refractivity contribution in [3.05, 3.63) is 30.1 Å². The average molecular weight is 461 g/mol. The fourth-order valence-corrected chi connectivity index (χ4v) is 2.33. The summed E-state index contributed by atoms with van der Waals surface area (Å²) in [6.45, 7) is 0.945. The van der Waals surface area contributed by atoms with Crippen molar-refractivity contribution in [3.63, 3.8) is 0 Å². The first kappa shape index (κ1) is 28.1. The Balaban J connectivity index is 0.000000536. The monoisotopic (exact) mass is 461 g/mol. The van der Waals surface area contributed by atoms with E-state index in [0.717, 1.165) is 32.2 Å². The van der Waals surface area contributed by atoms with E-state index in [9.17, 15) is 31.1 Å². The Morgan fingerprint density at radius 2 is 1.61 bits per heavy atom. The molecule has 0 radical (unpaired) electrons. The molecule has 0 saturated carbocycles. The summed E-state index contributed by atoms with van der Waals surface area (Å²) in [5.74, 6) is -5.39. The highest BCUT2D eigenvalue weighted by Crippen LogP contribution is 2.25. The van der Waals surface area contributed by atoms with E-state index in [4.69, 9.17) is 19.8 Å². The van der Waals surface area contributed by atoms with E-state index >= 15 is 0 Å². The van der Waals surface area contributed by atoms with Gasteiger partial charge in [-0.1, -0.05) is 6.07 Å². The molecule has 1 saturated heterocycles. The molecule has 2 rings (SSSR count). The third-order valence-corrected chi connectivity index (χ3v) is 3.95. The highest BCUT2D eigenvalue weighted by Gasteiger charge is 2.42. The lowest BCUT2D eigenvalue weighted by Gasteiger charge is -2.41. The van der Waals surface area contributed by atoms with Crippen molar-refractivity contribution in [2.24, 2.45) is 0 Å². The van der Waals surface area contributed by atoms with Gasteiger partial charge in [0.05, 0.1) is 5.54 Å². The van der Waals surface area contributed by atoms with Crippen molar-refractivity contribution in [3.8, 4) is 0 Å². The highest BCUT2D eigenvalue weighted by molar-refractivity contribution is 5.87. The van der Waals surface area contributed by atoms with Crippen LogP contribution in [-0.2, 0) is 20.8 Å². The number of likely N-dealkylation sites (N-methyl/N-ethyl adjacent to an activating group) is 1. The van der Waals surface area contributed by atoms with E-state index < -0.39 is 24.3 Å². The minimum absolute atomic E-state index is 0.120. The van der Waals surface area contributed by atoms with Crippen LogP contribution in [0.5, 0.6) is 0 Å². The SMILES string of the molecule is CNC(=O)C1(CCCc2cccnc2)CCN1.O=C(O)C(F)(F)F.O=C(O)C(F)(F)F. The number of amides is 1. The maximum atomic E-state index is 11.8. The molecule has 1 atom stereocenters. The van der Waals surface area contributed by atoms with E-state index in [1.165, 1.54) is 5.56 Å². The number of rotatable bonds is 5. The van der Waals surface area contributed by atoms with Gasteiger partial charge < -0.3 is 20.8 Å². The van der Waals surface area contributed by atoms with Gasteiger partial charge in [0.1, 0.15) is 0 Å². The number of nitrogens with zero attached hydrogens (tertiary/aromatic N) is 1. The van der Waals surface area contributed by atoms with Crippen LogP contribution in [-0.4, -0.2) is 64.5 Å². The molecule has 14 heteroatoms. The maximum Gasteiger partial charge on any atom is 0.490 e. The molecular weight excluding hydrogens is 440 g/mol. The van der Waals surface area contributed by atoms with Crippen LogP contribution in [0.2, 0.25) is 0 Å². The number of nitrogens with one attached hydrogen (secondary N) is 2. The number of aromatic nitrogens is 1. The van der Waals surface area contributed by atoms with Gasteiger partial charge in [0.15, 0.2) is 0 Å². The van der Waals surface area contributed by atoms with Crippen LogP contribution < -0.4 is 10.6 Å². The Morgan fingerprint density at radius 3 is 1.90 bits per heavy atom. The molecule has 2 heterocycles. The second-order valence-corrected chi connectivity index (χ2v) is 6.16. The second kappa shape index (κ2) is 12.1. The van der Waals surface area contributed by atoms with Crippen LogP contribution in [0.1, 0.15) is 24.8 Å². The Hall–Kier alpha value is -2.90. The van der Waals surface area contributed by atoms with Crippen molar-refractivity contribution < 1.29 is 50.9 Å². The number of carbonyl (C=O) groups excluding carboxylic acids is 1. The zero-order valence-corrected chi connectivity index (χ0v) is 16.2. The summed E-state index contributed by atoms with van der Waals surface area (Å²) in [4.78, 5) is 33.7. The topological polar surface area (TPSA) is 129 Å². The first-order valence-electron chi connectivity index (χ1n) is 8.62. The molecule has 1 aromatic heterocycles. The van der Waals surface area contributed by atoms with Crippen LogP contribution in [0.4, 0.5) is 26.3 Å². The van der Waals surface area contributed by atoms with Crippen molar-refractivity contribution in [1.82, 2.24) is 15.6 Å². The van der Waals surface area contributed by atoms with Crippen molar-refractivity contribution in [1.29, 1.82) is 0 Å². The van der Waals surface area contributed by atoms with Gasteiger partial charge in [-0.3, -0.25) is 9.78 Å². The molecule has 0 aromatic carbocycles. The second-order valence-electron chi connectivity index (χ2n) is 6.16. The van der Waals surface area contributed by atoms with Crippen LogP contribution in [0, 0.1) is 0 Å². The smallest absolute Gasteiger partial charge is 0.475 e. The number of carboxylic acid groups (broad SMARTS) is 2. The molecule has 8 nitrogen and oxygen atoms in total.